The van der Waals surface area contributed by atoms with E-state index in [0.717, 1.165) is 23.2 Å². The number of nitrogens with one attached hydrogen (secondary N) is 1. The van der Waals surface area contributed by atoms with Crippen LogP contribution < -0.4 is 5.56 Å². The molecule has 0 fully saturated rings. The highest BCUT2D eigenvalue weighted by atomic mass is 16.3. The predicted molar refractivity (Wildman–Crippen MR) is 108 cm³/mol. The fraction of sp³-hybridized carbons (Fsp3) is 0.227. The third-order valence-electron chi connectivity index (χ3n) is 4.95. The maximum atomic E-state index is 13.4. The van der Waals surface area contributed by atoms with Crippen LogP contribution in [0.5, 0.6) is 0 Å². The lowest BCUT2D eigenvalue weighted by Gasteiger charge is -2.27. The van der Waals surface area contributed by atoms with E-state index in [9.17, 15) is 9.59 Å². The molecule has 4 aromatic rings. The molecule has 6 nitrogen and oxygen atoms in total. The Morgan fingerprint density at radius 1 is 1.14 bits per heavy atom. The van der Waals surface area contributed by atoms with E-state index in [0.29, 0.717) is 17.3 Å². The molecular formula is C22H21N3O3. The average molecular weight is 375 g/mol. The van der Waals surface area contributed by atoms with Crippen molar-refractivity contribution in [1.82, 2.24) is 15.1 Å². The van der Waals surface area contributed by atoms with Gasteiger partial charge >= 0.3 is 0 Å². The van der Waals surface area contributed by atoms with Crippen molar-refractivity contribution in [2.45, 2.75) is 26.3 Å². The van der Waals surface area contributed by atoms with Crippen molar-refractivity contribution in [2.75, 3.05) is 6.54 Å². The molecule has 0 radical (unpaired) electrons. The molecule has 0 bridgehead atoms. The van der Waals surface area contributed by atoms with Gasteiger partial charge < -0.3 is 9.32 Å². The molecule has 0 saturated heterocycles. The zero-order valence-electron chi connectivity index (χ0n) is 15.8. The van der Waals surface area contributed by atoms with Gasteiger partial charge in [-0.25, -0.2) is 5.10 Å². The Hall–Kier alpha value is -3.41. The number of H-pyrrole nitrogens is 1. The van der Waals surface area contributed by atoms with Crippen LogP contribution in [0.4, 0.5) is 0 Å². The second-order valence-electron chi connectivity index (χ2n) is 6.81. The third kappa shape index (κ3) is 3.07. The molecule has 2 aromatic heterocycles. The summed E-state index contributed by atoms with van der Waals surface area (Å²) in [6.07, 6.45) is 0.789. The minimum atomic E-state index is -0.306. The summed E-state index contributed by atoms with van der Waals surface area (Å²) in [5, 5.41) is 8.52. The van der Waals surface area contributed by atoms with Crippen LogP contribution in [0.3, 0.4) is 0 Å². The average Bonchev–Trinajstić information content (AvgIpc) is 3.16. The molecular weight excluding hydrogens is 354 g/mol. The molecule has 0 saturated carbocycles. The Kier molecular flexibility index (Phi) is 4.69. The minimum absolute atomic E-state index is 0.234. The summed E-state index contributed by atoms with van der Waals surface area (Å²) in [7, 11) is 0. The fourth-order valence-electron chi connectivity index (χ4n) is 3.49. The zero-order chi connectivity index (χ0) is 19.7. The highest BCUT2D eigenvalue weighted by Crippen LogP contribution is 2.29. The topological polar surface area (TPSA) is 79.2 Å². The van der Waals surface area contributed by atoms with Crippen LogP contribution in [0.2, 0.25) is 0 Å². The first-order valence-corrected chi connectivity index (χ1v) is 9.37. The van der Waals surface area contributed by atoms with Gasteiger partial charge in [0.15, 0.2) is 5.69 Å². The molecule has 0 aliphatic carbocycles. The number of benzene rings is 2. The first-order valence-electron chi connectivity index (χ1n) is 9.37. The van der Waals surface area contributed by atoms with Gasteiger partial charge in [0.2, 0.25) is 0 Å². The van der Waals surface area contributed by atoms with Gasteiger partial charge in [-0.05, 0) is 31.5 Å². The van der Waals surface area contributed by atoms with Crippen molar-refractivity contribution in [1.29, 1.82) is 0 Å². The lowest BCUT2D eigenvalue weighted by molar-refractivity contribution is 0.0667. The second kappa shape index (κ2) is 7.31. The molecule has 2 aromatic carbocycles. The monoisotopic (exact) mass is 375 g/mol. The number of para-hydroxylation sites is 1. The quantitative estimate of drug-likeness (QED) is 0.564. The highest BCUT2D eigenvalue weighted by Gasteiger charge is 2.27. The van der Waals surface area contributed by atoms with E-state index in [4.69, 9.17) is 4.42 Å². The maximum Gasteiger partial charge on any atom is 0.275 e. The summed E-state index contributed by atoms with van der Waals surface area (Å²) < 4.78 is 5.98. The van der Waals surface area contributed by atoms with E-state index in [2.05, 4.69) is 10.2 Å². The number of amides is 1. The summed E-state index contributed by atoms with van der Waals surface area (Å²) >= 11 is 0. The lowest BCUT2D eigenvalue weighted by Crippen LogP contribution is -2.35. The summed E-state index contributed by atoms with van der Waals surface area (Å²) in [6.45, 7) is 4.51. The molecule has 6 heteroatoms. The van der Waals surface area contributed by atoms with Crippen LogP contribution in [-0.2, 0) is 0 Å². The molecule has 1 atom stereocenters. The molecule has 1 amide bonds. The largest absolute Gasteiger partial charge is 0.459 e. The number of aromatic amines is 1. The normalized spacial score (nSPS) is 12.4. The molecule has 2 heterocycles. The standard InChI is InChI=1S/C22H21N3O3/c1-3-12-25(14(2)19-13-15-8-4-7-11-18(15)28-19)22(27)20-16-9-5-6-10-17(16)21(26)24-23-20/h4-11,13-14H,3,12H2,1-2H3,(H,24,26)/t14-/m0/s1. The number of furan rings is 1. The fourth-order valence-corrected chi connectivity index (χ4v) is 3.49. The first-order chi connectivity index (χ1) is 13.6. The van der Waals surface area contributed by atoms with Gasteiger partial charge in [0, 0.05) is 17.3 Å². The molecule has 28 heavy (non-hydrogen) atoms. The van der Waals surface area contributed by atoms with Crippen LogP contribution >= 0.6 is 0 Å². The number of nitrogens with zero attached hydrogens (tertiary/aromatic N) is 2. The van der Waals surface area contributed by atoms with Gasteiger partial charge in [0.1, 0.15) is 11.3 Å². The molecule has 0 aliphatic heterocycles. The lowest BCUT2D eigenvalue weighted by atomic mass is 10.1. The van der Waals surface area contributed by atoms with E-state index in [1.165, 1.54) is 0 Å². The summed E-state index contributed by atoms with van der Waals surface area (Å²) in [4.78, 5) is 27.2. The van der Waals surface area contributed by atoms with Crippen LogP contribution in [0.25, 0.3) is 21.7 Å². The number of rotatable bonds is 5. The Balaban J connectivity index is 1.76. The number of fused-ring (bicyclic) bond motifs is 2. The van der Waals surface area contributed by atoms with Crippen molar-refractivity contribution in [3.8, 4) is 0 Å². The Morgan fingerprint density at radius 3 is 2.61 bits per heavy atom. The molecule has 142 valence electrons. The molecule has 0 aliphatic rings. The van der Waals surface area contributed by atoms with Gasteiger partial charge in [0.25, 0.3) is 11.5 Å². The smallest absolute Gasteiger partial charge is 0.275 e. The SMILES string of the molecule is CCCN(C(=O)c1n[nH]c(=O)c2ccccc12)[C@@H](C)c1cc2ccccc2o1. The first kappa shape index (κ1) is 18.0. The second-order valence-corrected chi connectivity index (χ2v) is 6.81. The minimum Gasteiger partial charge on any atom is -0.459 e. The number of hydrogen-bond donors (Lipinski definition) is 1. The highest BCUT2D eigenvalue weighted by molar-refractivity contribution is 6.04. The van der Waals surface area contributed by atoms with Crippen LogP contribution in [0, 0.1) is 0 Å². The van der Waals surface area contributed by atoms with E-state index in [1.807, 2.05) is 44.2 Å². The number of hydrogen-bond acceptors (Lipinski definition) is 4. The molecule has 0 spiro atoms. The Morgan fingerprint density at radius 2 is 1.86 bits per heavy atom. The van der Waals surface area contributed by atoms with E-state index >= 15 is 0 Å². The van der Waals surface area contributed by atoms with Gasteiger partial charge in [-0.3, -0.25) is 9.59 Å². The Bertz CT molecular complexity index is 1180. The number of carbonyl (C=O) groups is 1. The van der Waals surface area contributed by atoms with Crippen LogP contribution in [0.15, 0.2) is 63.8 Å². The van der Waals surface area contributed by atoms with Crippen molar-refractivity contribution in [3.63, 3.8) is 0 Å². The molecule has 4 rings (SSSR count). The van der Waals surface area contributed by atoms with Crippen molar-refractivity contribution in [3.05, 3.63) is 76.4 Å². The van der Waals surface area contributed by atoms with E-state index < -0.39 is 0 Å². The van der Waals surface area contributed by atoms with E-state index in [-0.39, 0.29) is 23.2 Å². The van der Waals surface area contributed by atoms with Gasteiger partial charge in [-0.1, -0.05) is 43.3 Å². The van der Waals surface area contributed by atoms with Gasteiger partial charge in [-0.2, -0.15) is 5.10 Å². The third-order valence-corrected chi connectivity index (χ3v) is 4.95. The summed E-state index contributed by atoms with van der Waals surface area (Å²) in [6, 6.07) is 16.5. The van der Waals surface area contributed by atoms with Crippen LogP contribution in [0.1, 0.15) is 42.6 Å². The van der Waals surface area contributed by atoms with Crippen molar-refractivity contribution < 1.29 is 9.21 Å². The van der Waals surface area contributed by atoms with Crippen LogP contribution in [-0.4, -0.2) is 27.5 Å². The predicted octanol–water partition coefficient (Wildman–Crippen LogP) is 4.28. The summed E-state index contributed by atoms with van der Waals surface area (Å²) in [5.74, 6) is 0.485. The summed E-state index contributed by atoms with van der Waals surface area (Å²) in [5.41, 5.74) is 0.729. The van der Waals surface area contributed by atoms with Gasteiger partial charge in [-0.15, -0.1) is 0 Å². The number of carbonyl (C=O) groups excluding carboxylic acids is 1. The van der Waals surface area contributed by atoms with Crippen molar-refractivity contribution in [2.24, 2.45) is 0 Å². The molecule has 0 unspecified atom stereocenters. The van der Waals surface area contributed by atoms with Crippen molar-refractivity contribution >= 4 is 27.6 Å². The maximum absolute atomic E-state index is 13.4. The zero-order valence-corrected chi connectivity index (χ0v) is 15.8. The van der Waals surface area contributed by atoms with Gasteiger partial charge in [0.05, 0.1) is 11.4 Å². The Labute approximate surface area is 161 Å². The van der Waals surface area contributed by atoms with E-state index in [1.54, 1.807) is 29.2 Å². The number of aromatic nitrogens is 2. The molecule has 1 N–H and O–H groups in total.